The molecule has 2 saturated heterocycles. The van der Waals surface area contributed by atoms with Crippen molar-refractivity contribution >= 4 is 0 Å². The maximum atomic E-state index is 6.58. The third-order valence-electron chi connectivity index (χ3n) is 8.89. The molecule has 240 valence electrons. The lowest BCUT2D eigenvalue weighted by Crippen LogP contribution is -2.57. The van der Waals surface area contributed by atoms with Crippen molar-refractivity contribution in [2.75, 3.05) is 13.2 Å². The van der Waals surface area contributed by atoms with Crippen molar-refractivity contribution < 1.29 is 23.7 Å². The van der Waals surface area contributed by atoms with Gasteiger partial charge in [0.2, 0.25) is 0 Å². The molecule has 0 spiro atoms. The molecule has 4 rings (SSSR count). The number of unbranched alkanes of at least 4 members (excludes halogenated alkanes) is 15. The molecule has 2 fully saturated rings. The average Bonchev–Trinajstić information content (AvgIpc) is 3.48. The van der Waals surface area contributed by atoms with Crippen LogP contribution in [0.5, 0.6) is 0 Å². The molecule has 0 amide bonds. The van der Waals surface area contributed by atoms with E-state index in [0.717, 1.165) is 17.5 Å². The Hall–Kier alpha value is -1.76. The molecule has 0 aromatic heterocycles. The van der Waals surface area contributed by atoms with Crippen molar-refractivity contribution in [2.45, 2.75) is 154 Å². The summed E-state index contributed by atoms with van der Waals surface area (Å²) in [7, 11) is 0. The van der Waals surface area contributed by atoms with Crippen molar-refractivity contribution in [1.29, 1.82) is 0 Å². The minimum Gasteiger partial charge on any atom is -0.372 e. The highest BCUT2D eigenvalue weighted by Crippen LogP contribution is 2.34. The molecule has 0 aliphatic carbocycles. The lowest BCUT2D eigenvalue weighted by molar-refractivity contribution is -0.266. The minimum absolute atomic E-state index is 0.138. The first kappa shape index (κ1) is 34.1. The van der Waals surface area contributed by atoms with E-state index in [1.54, 1.807) is 0 Å². The summed E-state index contributed by atoms with van der Waals surface area (Å²) in [6.07, 6.45) is 20.5. The van der Waals surface area contributed by atoms with Crippen LogP contribution in [-0.2, 0) is 36.9 Å². The van der Waals surface area contributed by atoms with Gasteiger partial charge in [-0.05, 0) is 17.5 Å². The summed E-state index contributed by atoms with van der Waals surface area (Å²) in [5.41, 5.74) is 2.27. The van der Waals surface area contributed by atoms with Crippen molar-refractivity contribution in [3.05, 3.63) is 71.8 Å². The highest BCUT2D eigenvalue weighted by molar-refractivity contribution is 5.14. The lowest BCUT2D eigenvalue weighted by Gasteiger charge is -2.40. The molecule has 0 saturated carbocycles. The first-order valence-electron chi connectivity index (χ1n) is 17.5. The zero-order chi connectivity index (χ0) is 29.8. The van der Waals surface area contributed by atoms with Gasteiger partial charge in [-0.15, -0.1) is 0 Å². The van der Waals surface area contributed by atoms with Crippen LogP contribution in [0, 0.1) is 0 Å². The Bertz CT molecular complexity index is 880. The van der Waals surface area contributed by atoms with E-state index >= 15 is 0 Å². The molecule has 5 heteroatoms. The number of fused-ring (bicyclic) bond motifs is 2. The van der Waals surface area contributed by atoms with Gasteiger partial charge in [-0.25, -0.2) is 0 Å². The highest BCUT2D eigenvalue weighted by atomic mass is 16.8. The van der Waals surface area contributed by atoms with Crippen LogP contribution in [0.3, 0.4) is 0 Å². The molecular formula is C38H58O5. The fraction of sp³-hybridized carbons (Fsp3) is 0.684. The van der Waals surface area contributed by atoms with Crippen LogP contribution in [0.4, 0.5) is 0 Å². The summed E-state index contributed by atoms with van der Waals surface area (Å²) in [4.78, 5) is 0. The maximum absolute atomic E-state index is 6.58. The summed E-state index contributed by atoms with van der Waals surface area (Å²) in [6.45, 7) is 4.51. The summed E-state index contributed by atoms with van der Waals surface area (Å²) in [5.74, 6) is 0. The Labute approximate surface area is 262 Å². The molecule has 2 aliphatic rings. The molecule has 5 atom stereocenters. The lowest BCUT2D eigenvalue weighted by atomic mass is 10.00. The molecule has 0 N–H and O–H groups in total. The Kier molecular flexibility index (Phi) is 16.7. The molecule has 0 unspecified atom stereocenters. The normalized spacial score (nSPS) is 23.1. The molecule has 2 heterocycles. The maximum Gasteiger partial charge on any atom is 0.187 e. The van der Waals surface area contributed by atoms with Crippen LogP contribution < -0.4 is 0 Å². The SMILES string of the molecule is CCCCCCCCCCCCCCCCCCO[C@@H]1[C@@H](OCc2ccccc2)[C@@H]2OC[C@@H](O2)[C@H]1OCc1ccccc1. The molecule has 2 bridgehead atoms. The number of ether oxygens (including phenoxy) is 5. The van der Waals surface area contributed by atoms with Gasteiger partial charge in [0.05, 0.1) is 19.8 Å². The van der Waals surface area contributed by atoms with Gasteiger partial charge in [-0.2, -0.15) is 0 Å². The summed E-state index contributed by atoms with van der Waals surface area (Å²) < 4.78 is 31.7. The van der Waals surface area contributed by atoms with Gasteiger partial charge < -0.3 is 23.7 Å². The largest absolute Gasteiger partial charge is 0.372 e. The molecule has 0 radical (unpaired) electrons. The first-order chi connectivity index (χ1) is 21.3. The smallest absolute Gasteiger partial charge is 0.187 e. The van der Waals surface area contributed by atoms with E-state index in [1.165, 1.54) is 96.3 Å². The van der Waals surface area contributed by atoms with Crippen molar-refractivity contribution in [3.8, 4) is 0 Å². The minimum atomic E-state index is -0.416. The second-order valence-electron chi connectivity index (χ2n) is 12.5. The molecule has 2 aromatic rings. The standard InChI is InChI=1S/C38H58O5/c1-2-3-4-5-6-7-8-9-10-11-12-13-14-15-16-23-28-39-36-35(40-29-32-24-19-17-20-25-32)34-31-42-38(43-34)37(36)41-30-33-26-21-18-22-27-33/h17-22,24-27,34-38H,2-16,23,28-31H2,1H3/t34-,35-,36+,37-,38-/m1/s1. The quantitative estimate of drug-likeness (QED) is 0.113. The van der Waals surface area contributed by atoms with E-state index in [4.69, 9.17) is 23.7 Å². The second-order valence-corrected chi connectivity index (χ2v) is 12.5. The highest BCUT2D eigenvalue weighted by Gasteiger charge is 2.52. The summed E-state index contributed by atoms with van der Waals surface area (Å²) in [5, 5.41) is 0. The topological polar surface area (TPSA) is 46.2 Å². The monoisotopic (exact) mass is 594 g/mol. The van der Waals surface area contributed by atoms with E-state index in [9.17, 15) is 0 Å². The van der Waals surface area contributed by atoms with Crippen LogP contribution in [-0.4, -0.2) is 43.9 Å². The van der Waals surface area contributed by atoms with E-state index in [1.807, 2.05) is 36.4 Å². The van der Waals surface area contributed by atoms with Gasteiger partial charge in [-0.3, -0.25) is 0 Å². The second kappa shape index (κ2) is 21.1. The number of rotatable bonds is 24. The molecule has 43 heavy (non-hydrogen) atoms. The van der Waals surface area contributed by atoms with Crippen LogP contribution in [0.25, 0.3) is 0 Å². The fourth-order valence-electron chi connectivity index (χ4n) is 6.31. The van der Waals surface area contributed by atoms with Crippen molar-refractivity contribution in [1.82, 2.24) is 0 Å². The first-order valence-corrected chi connectivity index (χ1v) is 17.5. The van der Waals surface area contributed by atoms with Crippen molar-refractivity contribution in [3.63, 3.8) is 0 Å². The molecular weight excluding hydrogens is 536 g/mol. The number of benzene rings is 2. The summed E-state index contributed by atoms with van der Waals surface area (Å²) >= 11 is 0. The van der Waals surface area contributed by atoms with E-state index in [2.05, 4.69) is 31.2 Å². The van der Waals surface area contributed by atoms with Crippen LogP contribution in [0.1, 0.15) is 121 Å². The van der Waals surface area contributed by atoms with Crippen LogP contribution >= 0.6 is 0 Å². The Balaban J connectivity index is 1.13. The predicted molar refractivity (Wildman–Crippen MR) is 174 cm³/mol. The fourth-order valence-corrected chi connectivity index (χ4v) is 6.31. The molecule has 5 nitrogen and oxygen atoms in total. The van der Waals surface area contributed by atoms with Gasteiger partial charge in [0.1, 0.15) is 24.4 Å². The average molecular weight is 595 g/mol. The number of hydrogen-bond donors (Lipinski definition) is 0. The zero-order valence-corrected chi connectivity index (χ0v) is 26.8. The predicted octanol–water partition coefficient (Wildman–Crippen LogP) is 9.56. The third kappa shape index (κ3) is 12.6. The number of hydrogen-bond acceptors (Lipinski definition) is 5. The van der Waals surface area contributed by atoms with E-state index in [0.29, 0.717) is 26.4 Å². The van der Waals surface area contributed by atoms with Gasteiger partial charge in [-0.1, -0.05) is 164 Å². The Morgan fingerprint density at radius 3 is 1.51 bits per heavy atom. The zero-order valence-electron chi connectivity index (χ0n) is 26.8. The van der Waals surface area contributed by atoms with Gasteiger partial charge in [0.15, 0.2) is 6.29 Å². The van der Waals surface area contributed by atoms with Crippen molar-refractivity contribution in [2.24, 2.45) is 0 Å². The van der Waals surface area contributed by atoms with E-state index < -0.39 is 6.29 Å². The van der Waals surface area contributed by atoms with Gasteiger partial charge in [0.25, 0.3) is 0 Å². The third-order valence-corrected chi connectivity index (χ3v) is 8.89. The van der Waals surface area contributed by atoms with Gasteiger partial charge in [0, 0.05) is 6.61 Å². The molecule has 2 aliphatic heterocycles. The Morgan fingerprint density at radius 1 is 0.535 bits per heavy atom. The summed E-state index contributed by atoms with van der Waals surface area (Å²) in [6, 6.07) is 20.6. The van der Waals surface area contributed by atoms with Crippen LogP contribution in [0.2, 0.25) is 0 Å². The Morgan fingerprint density at radius 2 is 1.00 bits per heavy atom. The molecule has 2 aromatic carbocycles. The van der Waals surface area contributed by atoms with Crippen LogP contribution in [0.15, 0.2) is 60.7 Å². The van der Waals surface area contributed by atoms with E-state index in [-0.39, 0.29) is 24.4 Å². The van der Waals surface area contributed by atoms with Gasteiger partial charge >= 0.3 is 0 Å².